The molecule has 3 rings (SSSR count). The van der Waals surface area contributed by atoms with Gasteiger partial charge in [0, 0.05) is 17.6 Å². The molecule has 0 unspecified atom stereocenters. The third-order valence-electron chi connectivity index (χ3n) is 5.86. The highest BCUT2D eigenvalue weighted by atomic mass is 79.9. The van der Waals surface area contributed by atoms with E-state index >= 15 is 0 Å². The van der Waals surface area contributed by atoms with Crippen LogP contribution in [0.5, 0.6) is 5.75 Å². The summed E-state index contributed by atoms with van der Waals surface area (Å²) in [5.74, 6) is 0.108. The van der Waals surface area contributed by atoms with E-state index in [-0.39, 0.29) is 31.0 Å². The number of hydrogen-bond acceptors (Lipinski definition) is 3. The Hall–Kier alpha value is -2.57. The largest absolute Gasteiger partial charge is 0.483 e. The average molecular weight is 546 g/mol. The maximum atomic E-state index is 13.4. The third kappa shape index (κ3) is 6.30. The second-order valence-electron chi connectivity index (χ2n) is 8.24. The van der Waals surface area contributed by atoms with Gasteiger partial charge in [0.1, 0.15) is 11.8 Å². The van der Waals surface area contributed by atoms with Crippen LogP contribution in [0.4, 0.5) is 0 Å². The average Bonchev–Trinajstić information content (AvgIpc) is 2.84. The standard InChI is InChI=1S/C27H30BrClN2O3/c1-4-18(3)30-27(33)23(5-2)31(16-20-11-7-9-13-22(20)29)25(32)17-34-24-15-14-19-10-6-8-12-21(19)26(24)28/h6-15,18,23H,4-5,16-17H2,1-3H3,(H,30,33)/t18-,23-/m1/s1. The molecule has 0 spiro atoms. The molecule has 0 aliphatic heterocycles. The van der Waals surface area contributed by atoms with Gasteiger partial charge in [-0.3, -0.25) is 9.59 Å². The van der Waals surface area contributed by atoms with E-state index in [2.05, 4.69) is 21.2 Å². The number of carbonyl (C=O) groups is 2. The maximum Gasteiger partial charge on any atom is 0.261 e. The zero-order valence-electron chi connectivity index (χ0n) is 19.7. The van der Waals surface area contributed by atoms with Gasteiger partial charge in [0.05, 0.1) is 4.47 Å². The third-order valence-corrected chi connectivity index (χ3v) is 7.05. The summed E-state index contributed by atoms with van der Waals surface area (Å²) in [6.07, 6.45) is 1.28. The molecule has 3 aromatic carbocycles. The van der Waals surface area contributed by atoms with Crippen LogP contribution in [0.1, 0.15) is 39.2 Å². The number of fused-ring (bicyclic) bond motifs is 1. The van der Waals surface area contributed by atoms with Crippen LogP contribution in [0.3, 0.4) is 0 Å². The number of halogens is 2. The highest BCUT2D eigenvalue weighted by Crippen LogP contribution is 2.33. The van der Waals surface area contributed by atoms with Gasteiger partial charge in [-0.2, -0.15) is 0 Å². The van der Waals surface area contributed by atoms with Crippen LogP contribution < -0.4 is 10.1 Å². The molecule has 0 saturated carbocycles. The van der Waals surface area contributed by atoms with Gasteiger partial charge < -0.3 is 15.0 Å². The van der Waals surface area contributed by atoms with E-state index in [9.17, 15) is 9.59 Å². The zero-order valence-corrected chi connectivity index (χ0v) is 22.0. The van der Waals surface area contributed by atoms with Crippen molar-refractivity contribution in [1.82, 2.24) is 10.2 Å². The van der Waals surface area contributed by atoms with Gasteiger partial charge in [0.2, 0.25) is 5.91 Å². The van der Waals surface area contributed by atoms with Crippen molar-refractivity contribution in [3.8, 4) is 5.75 Å². The SMILES string of the molecule is CC[C@@H](C)NC(=O)[C@@H](CC)N(Cc1ccccc1Cl)C(=O)COc1ccc2ccccc2c1Br. The molecule has 0 saturated heterocycles. The van der Waals surface area contributed by atoms with Crippen LogP contribution in [0.25, 0.3) is 10.8 Å². The first-order valence-electron chi connectivity index (χ1n) is 11.5. The monoisotopic (exact) mass is 544 g/mol. The quantitative estimate of drug-likeness (QED) is 0.323. The van der Waals surface area contributed by atoms with Crippen molar-refractivity contribution in [2.24, 2.45) is 0 Å². The molecule has 0 bridgehead atoms. The van der Waals surface area contributed by atoms with Gasteiger partial charge >= 0.3 is 0 Å². The van der Waals surface area contributed by atoms with E-state index in [1.54, 1.807) is 11.0 Å². The molecule has 34 heavy (non-hydrogen) atoms. The highest BCUT2D eigenvalue weighted by Gasteiger charge is 2.30. The van der Waals surface area contributed by atoms with Gasteiger partial charge in [-0.05, 0) is 64.2 Å². The molecule has 0 fully saturated rings. The highest BCUT2D eigenvalue weighted by molar-refractivity contribution is 9.10. The van der Waals surface area contributed by atoms with Crippen molar-refractivity contribution in [1.29, 1.82) is 0 Å². The minimum atomic E-state index is -0.638. The van der Waals surface area contributed by atoms with Crippen LogP contribution >= 0.6 is 27.5 Å². The van der Waals surface area contributed by atoms with E-state index in [0.29, 0.717) is 17.2 Å². The summed E-state index contributed by atoms with van der Waals surface area (Å²) < 4.78 is 6.72. The summed E-state index contributed by atoms with van der Waals surface area (Å²) in [5, 5.41) is 5.63. The molecule has 5 nitrogen and oxygen atoms in total. The van der Waals surface area contributed by atoms with Gasteiger partial charge in [0.15, 0.2) is 6.61 Å². The van der Waals surface area contributed by atoms with Crippen molar-refractivity contribution in [2.45, 2.75) is 52.2 Å². The van der Waals surface area contributed by atoms with Gasteiger partial charge in [-0.1, -0.05) is 74.0 Å². The van der Waals surface area contributed by atoms with Crippen LogP contribution in [0.2, 0.25) is 5.02 Å². The van der Waals surface area contributed by atoms with E-state index in [4.69, 9.17) is 16.3 Å². The summed E-state index contributed by atoms with van der Waals surface area (Å²) in [5.41, 5.74) is 0.777. The smallest absolute Gasteiger partial charge is 0.261 e. The molecular weight excluding hydrogens is 516 g/mol. The predicted octanol–water partition coefficient (Wildman–Crippen LogP) is 6.36. The first-order chi connectivity index (χ1) is 16.3. The van der Waals surface area contributed by atoms with Crippen molar-refractivity contribution in [3.63, 3.8) is 0 Å². The van der Waals surface area contributed by atoms with E-state index in [1.165, 1.54) is 0 Å². The summed E-state index contributed by atoms with van der Waals surface area (Å²) in [4.78, 5) is 28.0. The first kappa shape index (κ1) is 26.0. The number of rotatable bonds is 10. The van der Waals surface area contributed by atoms with Crippen LogP contribution in [0, 0.1) is 0 Å². The van der Waals surface area contributed by atoms with Crippen molar-refractivity contribution in [3.05, 3.63) is 75.7 Å². The van der Waals surface area contributed by atoms with Crippen molar-refractivity contribution in [2.75, 3.05) is 6.61 Å². The summed E-state index contributed by atoms with van der Waals surface area (Å²) in [6, 6.07) is 18.5. The topological polar surface area (TPSA) is 58.6 Å². The second kappa shape index (κ2) is 12.2. The number of ether oxygens (including phenoxy) is 1. The molecule has 2 atom stereocenters. The lowest BCUT2D eigenvalue weighted by atomic mass is 10.1. The molecule has 0 heterocycles. The van der Waals surface area contributed by atoms with Gasteiger partial charge in [-0.15, -0.1) is 0 Å². The number of amides is 2. The predicted molar refractivity (Wildman–Crippen MR) is 141 cm³/mol. The number of carbonyl (C=O) groups excluding carboxylic acids is 2. The zero-order chi connectivity index (χ0) is 24.7. The number of nitrogens with zero attached hydrogens (tertiary/aromatic N) is 1. The Bertz CT molecular complexity index is 1150. The number of hydrogen-bond donors (Lipinski definition) is 1. The lowest BCUT2D eigenvalue weighted by Crippen LogP contribution is -2.51. The fourth-order valence-electron chi connectivity index (χ4n) is 3.72. The van der Waals surface area contributed by atoms with Gasteiger partial charge in [0.25, 0.3) is 5.91 Å². The fraction of sp³-hybridized carbons (Fsp3) is 0.333. The van der Waals surface area contributed by atoms with Crippen molar-refractivity contribution < 1.29 is 14.3 Å². The van der Waals surface area contributed by atoms with Crippen LogP contribution in [-0.2, 0) is 16.1 Å². The molecule has 0 radical (unpaired) electrons. The molecule has 1 N–H and O–H groups in total. The Balaban J connectivity index is 1.84. The Morgan fingerprint density at radius 1 is 1.03 bits per heavy atom. The Labute approximate surface area is 214 Å². The molecule has 0 aliphatic carbocycles. The minimum absolute atomic E-state index is 0.0172. The first-order valence-corrected chi connectivity index (χ1v) is 12.7. The molecule has 180 valence electrons. The maximum absolute atomic E-state index is 13.4. The molecule has 0 aromatic heterocycles. The number of nitrogens with one attached hydrogen (secondary N) is 1. The van der Waals surface area contributed by atoms with E-state index in [1.807, 2.05) is 75.4 Å². The lowest BCUT2D eigenvalue weighted by molar-refractivity contribution is -0.143. The van der Waals surface area contributed by atoms with Gasteiger partial charge in [-0.25, -0.2) is 0 Å². The van der Waals surface area contributed by atoms with E-state index in [0.717, 1.165) is 27.2 Å². The van der Waals surface area contributed by atoms with Crippen LogP contribution in [0.15, 0.2) is 65.1 Å². The molecule has 2 amide bonds. The normalized spacial score (nSPS) is 12.7. The Kier molecular flexibility index (Phi) is 9.36. The fourth-order valence-corrected chi connectivity index (χ4v) is 4.52. The van der Waals surface area contributed by atoms with Crippen molar-refractivity contribution >= 4 is 50.1 Å². The molecule has 7 heteroatoms. The molecule has 3 aromatic rings. The Morgan fingerprint density at radius 2 is 1.74 bits per heavy atom. The summed E-state index contributed by atoms with van der Waals surface area (Å²) in [7, 11) is 0. The minimum Gasteiger partial charge on any atom is -0.483 e. The lowest BCUT2D eigenvalue weighted by Gasteiger charge is -2.31. The summed E-state index contributed by atoms with van der Waals surface area (Å²) >= 11 is 9.98. The molecule has 0 aliphatic rings. The van der Waals surface area contributed by atoms with E-state index < -0.39 is 6.04 Å². The number of benzene rings is 3. The van der Waals surface area contributed by atoms with Crippen LogP contribution in [-0.4, -0.2) is 35.4 Å². The Morgan fingerprint density at radius 3 is 2.44 bits per heavy atom. The molecular formula is C27H30BrClN2O3. The second-order valence-corrected chi connectivity index (χ2v) is 9.44. The summed E-state index contributed by atoms with van der Waals surface area (Å²) in [6.45, 7) is 5.87.